The van der Waals surface area contributed by atoms with Crippen LogP contribution in [0.2, 0.25) is 5.02 Å². The third kappa shape index (κ3) is 4.25. The highest BCUT2D eigenvalue weighted by molar-refractivity contribution is 6.31. The van der Waals surface area contributed by atoms with Crippen LogP contribution >= 0.6 is 11.6 Å². The molecule has 0 unspecified atom stereocenters. The van der Waals surface area contributed by atoms with Crippen molar-refractivity contribution in [3.05, 3.63) is 76.4 Å². The maximum absolute atomic E-state index is 13.9. The van der Waals surface area contributed by atoms with Gasteiger partial charge in [0.05, 0.1) is 12.7 Å². The van der Waals surface area contributed by atoms with E-state index in [2.05, 4.69) is 20.1 Å². The molecular weight excluding hydrogens is 466 g/mol. The molecule has 0 spiro atoms. The number of aryl methyl sites for hydroxylation is 1. The molecule has 0 saturated carbocycles. The topological polar surface area (TPSA) is 94.2 Å². The number of ether oxygens (including phenoxy) is 1. The Balaban J connectivity index is 1.51. The SMILES string of the molecule is COc1cc(C(=O)N2CCC[C@H]2c2nc(-c3cccc(Cl)c3C)no2)c(-c2ncccn2)cc1C. The molecule has 9 heteroatoms. The van der Waals surface area contributed by atoms with Crippen molar-refractivity contribution in [1.29, 1.82) is 0 Å². The molecule has 3 heterocycles. The van der Waals surface area contributed by atoms with E-state index >= 15 is 0 Å². The number of benzene rings is 2. The van der Waals surface area contributed by atoms with Crippen LogP contribution in [0.4, 0.5) is 0 Å². The molecule has 0 N–H and O–H groups in total. The molecule has 1 saturated heterocycles. The lowest BCUT2D eigenvalue weighted by Crippen LogP contribution is -2.31. The van der Waals surface area contributed by atoms with Crippen LogP contribution in [0.5, 0.6) is 5.75 Å². The van der Waals surface area contributed by atoms with Crippen LogP contribution < -0.4 is 4.74 Å². The van der Waals surface area contributed by atoms with E-state index in [9.17, 15) is 4.79 Å². The maximum Gasteiger partial charge on any atom is 0.255 e. The molecule has 0 aliphatic carbocycles. The molecule has 35 heavy (non-hydrogen) atoms. The number of aromatic nitrogens is 4. The number of hydrogen-bond acceptors (Lipinski definition) is 7. The quantitative estimate of drug-likeness (QED) is 0.368. The van der Waals surface area contributed by atoms with Gasteiger partial charge in [-0.3, -0.25) is 4.79 Å². The van der Waals surface area contributed by atoms with Crippen LogP contribution in [0.1, 0.15) is 46.3 Å². The largest absolute Gasteiger partial charge is 0.496 e. The van der Waals surface area contributed by atoms with Crippen LogP contribution in [-0.2, 0) is 0 Å². The number of amides is 1. The van der Waals surface area contributed by atoms with E-state index in [0.717, 1.165) is 29.5 Å². The first kappa shape index (κ1) is 23.0. The normalized spacial score (nSPS) is 15.4. The fraction of sp³-hybridized carbons (Fsp3) is 0.269. The zero-order valence-electron chi connectivity index (χ0n) is 19.7. The third-order valence-corrected chi connectivity index (χ3v) is 6.73. The van der Waals surface area contributed by atoms with E-state index in [1.165, 1.54) is 0 Å². The van der Waals surface area contributed by atoms with Crippen LogP contribution in [0.3, 0.4) is 0 Å². The average molecular weight is 490 g/mol. The maximum atomic E-state index is 13.9. The second-order valence-corrected chi connectivity index (χ2v) is 8.87. The van der Waals surface area contributed by atoms with Gasteiger partial charge in [0.2, 0.25) is 11.7 Å². The van der Waals surface area contributed by atoms with E-state index in [-0.39, 0.29) is 11.9 Å². The Hall–Kier alpha value is -3.78. The summed E-state index contributed by atoms with van der Waals surface area (Å²) in [4.78, 5) is 29.0. The summed E-state index contributed by atoms with van der Waals surface area (Å²) < 4.78 is 11.2. The lowest BCUT2D eigenvalue weighted by atomic mass is 10.0. The van der Waals surface area contributed by atoms with Gasteiger partial charge in [0.15, 0.2) is 5.82 Å². The smallest absolute Gasteiger partial charge is 0.255 e. The number of carbonyl (C=O) groups is 1. The predicted molar refractivity (Wildman–Crippen MR) is 131 cm³/mol. The van der Waals surface area contributed by atoms with Crippen LogP contribution in [-0.4, -0.2) is 44.6 Å². The lowest BCUT2D eigenvalue weighted by molar-refractivity contribution is 0.0710. The molecule has 0 radical (unpaired) electrons. The number of likely N-dealkylation sites (tertiary alicyclic amines) is 1. The van der Waals surface area contributed by atoms with Crippen LogP contribution in [0.15, 0.2) is 53.3 Å². The molecule has 1 atom stereocenters. The fourth-order valence-electron chi connectivity index (χ4n) is 4.46. The summed E-state index contributed by atoms with van der Waals surface area (Å²) in [5.41, 5.74) is 3.69. The summed E-state index contributed by atoms with van der Waals surface area (Å²) >= 11 is 6.27. The van der Waals surface area contributed by atoms with E-state index in [4.69, 9.17) is 20.9 Å². The van der Waals surface area contributed by atoms with Gasteiger partial charge in [0.1, 0.15) is 11.8 Å². The minimum Gasteiger partial charge on any atom is -0.496 e. The van der Waals surface area contributed by atoms with Gasteiger partial charge in [-0.25, -0.2) is 9.97 Å². The van der Waals surface area contributed by atoms with E-state index in [1.54, 1.807) is 36.5 Å². The first-order valence-electron chi connectivity index (χ1n) is 11.3. The molecule has 0 bridgehead atoms. The summed E-state index contributed by atoms with van der Waals surface area (Å²) in [5.74, 6) is 1.80. The van der Waals surface area contributed by atoms with Gasteiger partial charge in [-0.2, -0.15) is 4.98 Å². The standard InChI is InChI=1S/C26H24ClN5O3/c1-15-13-18(23-28-10-6-11-29-23)19(14-22(15)34-3)26(33)32-12-5-9-21(32)25-30-24(31-35-25)17-7-4-8-20(27)16(17)2/h4,6-8,10-11,13-14,21H,5,9,12H2,1-3H3/t21-/m0/s1. The Morgan fingerprint density at radius 1 is 1.11 bits per heavy atom. The molecular formula is C26H24ClN5O3. The van der Waals surface area contributed by atoms with Gasteiger partial charge in [0.25, 0.3) is 5.91 Å². The Morgan fingerprint density at radius 2 is 1.91 bits per heavy atom. The molecule has 178 valence electrons. The molecule has 1 aliphatic heterocycles. The molecule has 1 fully saturated rings. The molecule has 2 aromatic heterocycles. The Bertz CT molecular complexity index is 1390. The predicted octanol–water partition coefficient (Wildman–Crippen LogP) is 5.45. The second kappa shape index (κ2) is 9.46. The Morgan fingerprint density at radius 3 is 2.69 bits per heavy atom. The number of nitrogens with zero attached hydrogens (tertiary/aromatic N) is 5. The first-order valence-corrected chi connectivity index (χ1v) is 11.7. The molecule has 4 aromatic rings. The summed E-state index contributed by atoms with van der Waals surface area (Å²) in [5, 5.41) is 4.82. The van der Waals surface area contributed by atoms with Gasteiger partial charge in [0, 0.05) is 35.1 Å². The van der Waals surface area contributed by atoms with E-state index in [1.807, 2.05) is 38.1 Å². The number of carbonyl (C=O) groups excluding carboxylic acids is 1. The minimum absolute atomic E-state index is 0.160. The van der Waals surface area contributed by atoms with Gasteiger partial charge >= 0.3 is 0 Å². The number of methoxy groups -OCH3 is 1. The highest BCUT2D eigenvalue weighted by Gasteiger charge is 2.36. The third-order valence-electron chi connectivity index (χ3n) is 6.32. The van der Waals surface area contributed by atoms with Crippen molar-refractivity contribution in [2.75, 3.05) is 13.7 Å². The van der Waals surface area contributed by atoms with Crippen molar-refractivity contribution in [1.82, 2.24) is 25.0 Å². The minimum atomic E-state index is -0.333. The Labute approximate surface area is 207 Å². The molecule has 8 nitrogen and oxygen atoms in total. The van der Waals surface area contributed by atoms with Crippen molar-refractivity contribution in [3.8, 4) is 28.5 Å². The monoisotopic (exact) mass is 489 g/mol. The Kier molecular flexibility index (Phi) is 6.21. The van der Waals surface area contributed by atoms with E-state index < -0.39 is 0 Å². The van der Waals surface area contributed by atoms with Crippen LogP contribution in [0.25, 0.3) is 22.8 Å². The molecule has 2 aromatic carbocycles. The van der Waals surface area contributed by atoms with Crippen molar-refractivity contribution in [2.45, 2.75) is 32.7 Å². The molecule has 5 rings (SSSR count). The first-order chi connectivity index (χ1) is 17.0. The van der Waals surface area contributed by atoms with Gasteiger partial charge in [-0.15, -0.1) is 0 Å². The highest BCUT2D eigenvalue weighted by atomic mass is 35.5. The van der Waals surface area contributed by atoms with Crippen molar-refractivity contribution in [3.63, 3.8) is 0 Å². The number of halogens is 1. The van der Waals surface area contributed by atoms with Gasteiger partial charge in [-0.1, -0.05) is 28.9 Å². The van der Waals surface area contributed by atoms with Gasteiger partial charge in [-0.05, 0) is 62.1 Å². The molecule has 1 amide bonds. The van der Waals surface area contributed by atoms with Crippen LogP contribution in [0, 0.1) is 13.8 Å². The second-order valence-electron chi connectivity index (χ2n) is 8.47. The van der Waals surface area contributed by atoms with E-state index in [0.29, 0.717) is 46.0 Å². The lowest BCUT2D eigenvalue weighted by Gasteiger charge is -2.23. The molecule has 1 aliphatic rings. The van der Waals surface area contributed by atoms with Crippen molar-refractivity contribution >= 4 is 17.5 Å². The van der Waals surface area contributed by atoms with Crippen molar-refractivity contribution < 1.29 is 14.1 Å². The number of rotatable bonds is 5. The van der Waals surface area contributed by atoms with Crippen molar-refractivity contribution in [2.24, 2.45) is 0 Å². The number of hydrogen-bond donors (Lipinski definition) is 0. The fourth-order valence-corrected chi connectivity index (χ4v) is 4.63. The van der Waals surface area contributed by atoms with Gasteiger partial charge < -0.3 is 14.2 Å². The summed E-state index contributed by atoms with van der Waals surface area (Å²) in [6.45, 7) is 4.41. The summed E-state index contributed by atoms with van der Waals surface area (Å²) in [6, 6.07) is 10.6. The summed E-state index contributed by atoms with van der Waals surface area (Å²) in [6.07, 6.45) is 4.87. The average Bonchev–Trinajstić information content (AvgIpc) is 3.55. The zero-order chi connectivity index (χ0) is 24.5. The zero-order valence-corrected chi connectivity index (χ0v) is 20.4. The highest BCUT2D eigenvalue weighted by Crippen LogP contribution is 2.37. The summed E-state index contributed by atoms with van der Waals surface area (Å²) in [7, 11) is 1.59.